The van der Waals surface area contributed by atoms with Gasteiger partial charge < -0.3 is 0 Å². The maximum absolute atomic E-state index is 3.56. The molecule has 1 heterocycles. The molecule has 1 aromatic heterocycles. The molecule has 0 atom stereocenters. The fraction of sp³-hybridized carbons (Fsp3) is 0. The number of hydrogen-bond donors (Lipinski definition) is 0. The van der Waals surface area contributed by atoms with Crippen molar-refractivity contribution in [2.24, 2.45) is 0 Å². The van der Waals surface area contributed by atoms with Crippen LogP contribution in [-0.2, 0) is 0 Å². The Kier molecular flexibility index (Phi) is 2.23. The van der Waals surface area contributed by atoms with E-state index in [1.54, 1.807) is 0 Å². The largest absolute Gasteiger partial charge is 0.135 e. The van der Waals surface area contributed by atoms with E-state index in [-0.39, 0.29) is 0 Å². The lowest BCUT2D eigenvalue weighted by Gasteiger charge is -1.98. The zero-order valence-corrected chi connectivity index (χ0v) is 11.9. The molecule has 0 bridgehead atoms. The molecule has 0 nitrogen and oxygen atoms in total. The highest BCUT2D eigenvalue weighted by Crippen LogP contribution is 2.37. The van der Waals surface area contributed by atoms with Crippen molar-refractivity contribution in [2.75, 3.05) is 0 Å². The molecule has 4 rings (SSSR count). The Bertz CT molecular complexity index is 889. The van der Waals surface area contributed by atoms with Crippen LogP contribution >= 0.6 is 27.3 Å². The molecule has 0 unspecified atom stereocenters. The van der Waals surface area contributed by atoms with E-state index in [0.29, 0.717) is 0 Å². The van der Waals surface area contributed by atoms with Crippen LogP contribution in [0.25, 0.3) is 30.9 Å². The topological polar surface area (TPSA) is 0 Å². The first-order valence-electron chi connectivity index (χ1n) is 5.82. The molecule has 0 aliphatic rings. The van der Waals surface area contributed by atoms with E-state index < -0.39 is 0 Å². The van der Waals surface area contributed by atoms with Crippen molar-refractivity contribution in [3.63, 3.8) is 0 Å². The first kappa shape index (κ1) is 10.5. The summed E-state index contributed by atoms with van der Waals surface area (Å²) in [5.41, 5.74) is 0. The van der Waals surface area contributed by atoms with E-state index in [2.05, 4.69) is 70.5 Å². The van der Waals surface area contributed by atoms with E-state index >= 15 is 0 Å². The highest BCUT2D eigenvalue weighted by atomic mass is 79.9. The molecule has 0 radical (unpaired) electrons. The minimum absolute atomic E-state index is 1.14. The fourth-order valence-corrected chi connectivity index (χ4v) is 3.91. The molecule has 0 spiro atoms. The molecule has 0 aliphatic carbocycles. The van der Waals surface area contributed by atoms with Crippen molar-refractivity contribution in [3.05, 3.63) is 59.1 Å². The van der Waals surface area contributed by atoms with E-state index in [0.717, 1.165) is 4.47 Å². The number of fused-ring (bicyclic) bond motifs is 4. The van der Waals surface area contributed by atoms with Gasteiger partial charge in [0.05, 0.1) is 0 Å². The van der Waals surface area contributed by atoms with Gasteiger partial charge in [-0.15, -0.1) is 11.3 Å². The van der Waals surface area contributed by atoms with Gasteiger partial charge in [-0.05, 0) is 41.1 Å². The third-order valence-corrected chi connectivity index (χ3v) is 4.93. The lowest BCUT2D eigenvalue weighted by atomic mass is 10.1. The number of hydrogen-bond acceptors (Lipinski definition) is 1. The van der Waals surface area contributed by atoms with Gasteiger partial charge in [0.1, 0.15) is 0 Å². The van der Waals surface area contributed by atoms with Gasteiger partial charge >= 0.3 is 0 Å². The van der Waals surface area contributed by atoms with Crippen molar-refractivity contribution in [2.45, 2.75) is 0 Å². The SMILES string of the molecule is Brc1ccc2sc3cc4ccccc4cc3c2c1. The molecule has 0 N–H and O–H groups in total. The first-order chi connectivity index (χ1) is 8.81. The van der Waals surface area contributed by atoms with Gasteiger partial charge in [-0.25, -0.2) is 0 Å². The maximum Gasteiger partial charge on any atom is 0.0361 e. The second-order valence-electron chi connectivity index (χ2n) is 4.44. The Balaban J connectivity index is 2.25. The predicted octanol–water partition coefficient (Wildman–Crippen LogP) is 5.97. The van der Waals surface area contributed by atoms with E-state index in [4.69, 9.17) is 0 Å². The smallest absolute Gasteiger partial charge is 0.0361 e. The second kappa shape index (κ2) is 3.81. The molecule has 4 aromatic rings. The summed E-state index contributed by atoms with van der Waals surface area (Å²) < 4.78 is 3.85. The Morgan fingerprint density at radius 1 is 0.722 bits per heavy atom. The maximum atomic E-state index is 3.56. The summed E-state index contributed by atoms with van der Waals surface area (Å²) in [5, 5.41) is 5.32. The predicted molar refractivity (Wildman–Crippen MR) is 84.5 cm³/mol. The van der Waals surface area contributed by atoms with Crippen LogP contribution in [0.2, 0.25) is 0 Å². The van der Waals surface area contributed by atoms with Gasteiger partial charge in [-0.2, -0.15) is 0 Å². The average molecular weight is 313 g/mol. The lowest BCUT2D eigenvalue weighted by Crippen LogP contribution is -1.72. The summed E-state index contributed by atoms with van der Waals surface area (Å²) in [5.74, 6) is 0. The van der Waals surface area contributed by atoms with Gasteiger partial charge in [0.2, 0.25) is 0 Å². The van der Waals surface area contributed by atoms with Crippen LogP contribution in [0.5, 0.6) is 0 Å². The van der Waals surface area contributed by atoms with Crippen molar-refractivity contribution < 1.29 is 0 Å². The van der Waals surface area contributed by atoms with Crippen LogP contribution in [0.3, 0.4) is 0 Å². The van der Waals surface area contributed by atoms with Crippen molar-refractivity contribution >= 4 is 58.2 Å². The number of rotatable bonds is 0. The third kappa shape index (κ3) is 1.49. The zero-order chi connectivity index (χ0) is 12.1. The summed E-state index contributed by atoms with van der Waals surface area (Å²) in [4.78, 5) is 0. The van der Waals surface area contributed by atoms with Gasteiger partial charge in [0, 0.05) is 24.6 Å². The third-order valence-electron chi connectivity index (χ3n) is 3.30. The summed E-state index contributed by atoms with van der Waals surface area (Å²) >= 11 is 5.42. The van der Waals surface area contributed by atoms with Crippen LogP contribution in [-0.4, -0.2) is 0 Å². The molecule has 2 heteroatoms. The van der Waals surface area contributed by atoms with Gasteiger partial charge in [-0.3, -0.25) is 0 Å². The van der Waals surface area contributed by atoms with Crippen LogP contribution in [0, 0.1) is 0 Å². The van der Waals surface area contributed by atoms with Crippen molar-refractivity contribution in [3.8, 4) is 0 Å². The molecular formula is C16H9BrS. The van der Waals surface area contributed by atoms with Gasteiger partial charge in [-0.1, -0.05) is 40.2 Å². The Morgan fingerprint density at radius 2 is 1.44 bits per heavy atom. The quantitative estimate of drug-likeness (QED) is 0.375. The number of benzene rings is 3. The van der Waals surface area contributed by atoms with Crippen LogP contribution in [0.1, 0.15) is 0 Å². The number of thiophene rings is 1. The second-order valence-corrected chi connectivity index (χ2v) is 6.44. The fourth-order valence-electron chi connectivity index (χ4n) is 2.43. The van der Waals surface area contributed by atoms with Crippen LogP contribution in [0.15, 0.2) is 59.1 Å². The Hall–Kier alpha value is -1.38. The summed E-state index contributed by atoms with van der Waals surface area (Å²) in [7, 11) is 0. The summed E-state index contributed by atoms with van der Waals surface area (Å²) in [6, 6.07) is 19.6. The van der Waals surface area contributed by atoms with Gasteiger partial charge in [0.15, 0.2) is 0 Å². The van der Waals surface area contributed by atoms with Crippen LogP contribution < -0.4 is 0 Å². The number of halogens is 1. The minimum atomic E-state index is 1.14. The van der Waals surface area contributed by atoms with Crippen molar-refractivity contribution in [1.82, 2.24) is 0 Å². The molecule has 0 fully saturated rings. The molecule has 3 aromatic carbocycles. The molecule has 0 amide bonds. The molecule has 86 valence electrons. The zero-order valence-electron chi connectivity index (χ0n) is 9.48. The van der Waals surface area contributed by atoms with E-state index in [9.17, 15) is 0 Å². The molecule has 18 heavy (non-hydrogen) atoms. The normalized spacial score (nSPS) is 11.6. The summed E-state index contributed by atoms with van der Waals surface area (Å²) in [6.07, 6.45) is 0. The minimum Gasteiger partial charge on any atom is -0.135 e. The van der Waals surface area contributed by atoms with E-state index in [1.807, 2.05) is 11.3 Å². The monoisotopic (exact) mass is 312 g/mol. The molecule has 0 saturated carbocycles. The highest BCUT2D eigenvalue weighted by molar-refractivity contribution is 9.10. The van der Waals surface area contributed by atoms with Gasteiger partial charge in [0.25, 0.3) is 0 Å². The van der Waals surface area contributed by atoms with Crippen LogP contribution in [0.4, 0.5) is 0 Å². The Morgan fingerprint density at radius 3 is 2.28 bits per heavy atom. The Labute approximate surface area is 117 Å². The molecular weight excluding hydrogens is 304 g/mol. The standard InChI is InChI=1S/C16H9BrS/c17-12-5-6-15-14(9-12)13-7-10-3-1-2-4-11(10)8-16(13)18-15/h1-9H. The molecule has 0 saturated heterocycles. The lowest BCUT2D eigenvalue weighted by molar-refractivity contribution is 1.77. The first-order valence-corrected chi connectivity index (χ1v) is 7.43. The highest BCUT2D eigenvalue weighted by Gasteiger charge is 2.06. The van der Waals surface area contributed by atoms with Crippen molar-refractivity contribution in [1.29, 1.82) is 0 Å². The average Bonchev–Trinajstić information content (AvgIpc) is 2.73. The molecule has 0 aliphatic heterocycles. The summed E-state index contributed by atoms with van der Waals surface area (Å²) in [6.45, 7) is 0. The van der Waals surface area contributed by atoms with E-state index in [1.165, 1.54) is 30.9 Å².